The number of halogens is 5. The molecule has 0 spiro atoms. The molecular weight excluding hydrogens is 277 g/mol. The molecule has 19 heavy (non-hydrogen) atoms. The molecule has 4 nitrogen and oxygen atoms in total. The van der Waals surface area contributed by atoms with Crippen molar-refractivity contribution in [3.63, 3.8) is 0 Å². The maximum absolute atomic E-state index is 13.2. The lowest BCUT2D eigenvalue weighted by Gasteiger charge is -2.18. The van der Waals surface area contributed by atoms with E-state index in [-0.39, 0.29) is 0 Å². The molecule has 0 bridgehead atoms. The molecule has 0 aliphatic rings. The molecule has 1 amide bonds. The van der Waals surface area contributed by atoms with Crippen LogP contribution in [0.4, 0.5) is 22.0 Å². The van der Waals surface area contributed by atoms with Gasteiger partial charge in [0.25, 0.3) is 0 Å². The van der Waals surface area contributed by atoms with Gasteiger partial charge in [0.05, 0.1) is 18.1 Å². The summed E-state index contributed by atoms with van der Waals surface area (Å²) in [5.74, 6) is -12.6. The van der Waals surface area contributed by atoms with Gasteiger partial charge in [0.2, 0.25) is 11.7 Å². The summed E-state index contributed by atoms with van der Waals surface area (Å²) in [6, 6.07) is 0. The molecule has 4 N–H and O–H groups in total. The van der Waals surface area contributed by atoms with E-state index < -0.39 is 59.2 Å². The van der Waals surface area contributed by atoms with Gasteiger partial charge < -0.3 is 15.9 Å². The maximum Gasteiger partial charge on any atom is 0.220 e. The van der Waals surface area contributed by atoms with E-state index in [1.807, 2.05) is 0 Å². The maximum atomic E-state index is 13.2. The third-order valence-corrected chi connectivity index (χ3v) is 2.31. The van der Waals surface area contributed by atoms with Crippen molar-refractivity contribution in [1.82, 2.24) is 0 Å². The minimum atomic E-state index is -2.49. The van der Waals surface area contributed by atoms with Crippen molar-refractivity contribution < 1.29 is 37.0 Å². The van der Waals surface area contributed by atoms with E-state index in [4.69, 9.17) is 0 Å². The third kappa shape index (κ3) is 2.82. The number of aliphatic hydroxyl groups excluding tert-OH is 2. The molecule has 0 radical (unpaired) electrons. The normalized spacial score (nSPS) is 14.3. The fraction of sp³-hybridized carbons (Fsp3) is 0.300. The number of hydrogen-bond donors (Lipinski definition) is 3. The van der Waals surface area contributed by atoms with Crippen LogP contribution in [0.3, 0.4) is 0 Å². The Kier molecular flexibility index (Phi) is 4.43. The molecule has 0 saturated heterocycles. The first-order chi connectivity index (χ1) is 8.68. The topological polar surface area (TPSA) is 83.6 Å². The highest BCUT2D eigenvalue weighted by Crippen LogP contribution is 2.30. The standard InChI is InChI=1S/C10H8F5NO3/c11-5-4(10(19)2(17)1-3(16)18)6(12)8(14)9(15)7(5)13/h2,10,17,19H,1H2,(H2,16,18). The van der Waals surface area contributed by atoms with Crippen LogP contribution >= 0.6 is 0 Å². The molecule has 1 aromatic rings. The monoisotopic (exact) mass is 285 g/mol. The van der Waals surface area contributed by atoms with Crippen molar-refractivity contribution in [3.05, 3.63) is 34.6 Å². The van der Waals surface area contributed by atoms with Crippen molar-refractivity contribution in [2.45, 2.75) is 18.6 Å². The Hall–Kier alpha value is -1.74. The molecule has 1 rings (SSSR count). The fourth-order valence-corrected chi connectivity index (χ4v) is 1.39. The van der Waals surface area contributed by atoms with E-state index in [0.29, 0.717) is 0 Å². The van der Waals surface area contributed by atoms with Gasteiger partial charge in [0, 0.05) is 0 Å². The predicted molar refractivity (Wildman–Crippen MR) is 51.0 cm³/mol. The largest absolute Gasteiger partial charge is 0.390 e. The van der Waals surface area contributed by atoms with Crippen LogP contribution in [0.2, 0.25) is 0 Å². The quantitative estimate of drug-likeness (QED) is 0.431. The van der Waals surface area contributed by atoms with Gasteiger partial charge in [-0.1, -0.05) is 0 Å². The average Bonchev–Trinajstić information content (AvgIpc) is 2.33. The van der Waals surface area contributed by atoms with Gasteiger partial charge in [-0.15, -0.1) is 0 Å². The highest BCUT2D eigenvalue weighted by Gasteiger charge is 2.33. The molecule has 0 aromatic heterocycles. The number of rotatable bonds is 4. The smallest absolute Gasteiger partial charge is 0.220 e. The van der Waals surface area contributed by atoms with E-state index in [0.717, 1.165) is 0 Å². The lowest BCUT2D eigenvalue weighted by molar-refractivity contribution is -0.121. The molecule has 0 fully saturated rings. The van der Waals surface area contributed by atoms with E-state index in [9.17, 15) is 37.0 Å². The Balaban J connectivity index is 3.31. The van der Waals surface area contributed by atoms with Gasteiger partial charge >= 0.3 is 0 Å². The Morgan fingerprint density at radius 1 is 0.947 bits per heavy atom. The number of primary amides is 1. The minimum Gasteiger partial charge on any atom is -0.390 e. The Morgan fingerprint density at radius 3 is 1.68 bits per heavy atom. The first-order valence-corrected chi connectivity index (χ1v) is 4.84. The number of benzene rings is 1. The Labute approximate surface area is 103 Å². The summed E-state index contributed by atoms with van der Waals surface area (Å²) in [6.07, 6.45) is -5.51. The van der Waals surface area contributed by atoms with Crippen molar-refractivity contribution in [2.75, 3.05) is 0 Å². The highest BCUT2D eigenvalue weighted by molar-refractivity contribution is 5.74. The van der Waals surface area contributed by atoms with Gasteiger partial charge in [-0.2, -0.15) is 0 Å². The number of carbonyl (C=O) groups excluding carboxylic acids is 1. The van der Waals surface area contributed by atoms with Crippen LogP contribution in [0.5, 0.6) is 0 Å². The fourth-order valence-electron chi connectivity index (χ4n) is 1.39. The Bertz CT molecular complexity index is 493. The zero-order valence-corrected chi connectivity index (χ0v) is 9.13. The third-order valence-electron chi connectivity index (χ3n) is 2.31. The van der Waals surface area contributed by atoms with Gasteiger partial charge in [-0.25, -0.2) is 22.0 Å². The van der Waals surface area contributed by atoms with Crippen molar-refractivity contribution in [3.8, 4) is 0 Å². The molecule has 2 unspecified atom stereocenters. The SMILES string of the molecule is NC(=O)CC(O)C(O)c1c(F)c(F)c(F)c(F)c1F. The first-order valence-electron chi connectivity index (χ1n) is 4.84. The zero-order chi connectivity index (χ0) is 14.9. The summed E-state index contributed by atoms with van der Waals surface area (Å²) in [5.41, 5.74) is 3.04. The van der Waals surface area contributed by atoms with Crippen LogP contribution in [-0.2, 0) is 4.79 Å². The lowest BCUT2D eigenvalue weighted by Crippen LogP contribution is -2.27. The summed E-state index contributed by atoms with van der Waals surface area (Å²) in [7, 11) is 0. The van der Waals surface area contributed by atoms with E-state index in [2.05, 4.69) is 5.73 Å². The average molecular weight is 285 g/mol. The van der Waals surface area contributed by atoms with Gasteiger partial charge in [0.1, 0.15) is 6.10 Å². The van der Waals surface area contributed by atoms with Crippen LogP contribution in [0, 0.1) is 29.1 Å². The molecule has 0 aliphatic heterocycles. The minimum absolute atomic E-state index is 0.916. The summed E-state index contributed by atoms with van der Waals surface area (Å²) in [5, 5.41) is 18.6. The van der Waals surface area contributed by atoms with Gasteiger partial charge in [0.15, 0.2) is 23.3 Å². The van der Waals surface area contributed by atoms with Crippen molar-refractivity contribution in [2.24, 2.45) is 5.73 Å². The lowest BCUT2D eigenvalue weighted by atomic mass is 10.00. The van der Waals surface area contributed by atoms with Crippen LogP contribution < -0.4 is 5.73 Å². The zero-order valence-electron chi connectivity index (χ0n) is 9.13. The van der Waals surface area contributed by atoms with E-state index in [1.165, 1.54) is 0 Å². The molecule has 0 aliphatic carbocycles. The van der Waals surface area contributed by atoms with Crippen molar-refractivity contribution >= 4 is 5.91 Å². The van der Waals surface area contributed by atoms with Gasteiger partial charge in [-0.3, -0.25) is 4.79 Å². The second-order valence-corrected chi connectivity index (χ2v) is 3.67. The van der Waals surface area contributed by atoms with Gasteiger partial charge in [-0.05, 0) is 0 Å². The van der Waals surface area contributed by atoms with Crippen LogP contribution in [0.1, 0.15) is 18.1 Å². The van der Waals surface area contributed by atoms with Crippen molar-refractivity contribution in [1.29, 1.82) is 0 Å². The summed E-state index contributed by atoms with van der Waals surface area (Å²) in [4.78, 5) is 10.5. The number of nitrogens with two attached hydrogens (primary N) is 1. The molecule has 1 aromatic carbocycles. The molecule has 106 valence electrons. The molecule has 0 saturated carbocycles. The predicted octanol–water partition coefficient (Wildman–Crippen LogP) is 0.652. The summed E-state index contributed by atoms with van der Waals surface area (Å²) in [6.45, 7) is 0. The van der Waals surface area contributed by atoms with E-state index in [1.54, 1.807) is 0 Å². The molecule has 9 heteroatoms. The van der Waals surface area contributed by atoms with Crippen LogP contribution in [-0.4, -0.2) is 22.2 Å². The van der Waals surface area contributed by atoms with Crippen LogP contribution in [0.15, 0.2) is 0 Å². The van der Waals surface area contributed by atoms with E-state index >= 15 is 0 Å². The number of hydrogen-bond acceptors (Lipinski definition) is 3. The Morgan fingerprint density at radius 2 is 1.32 bits per heavy atom. The molecule has 0 heterocycles. The molecule has 2 atom stereocenters. The highest BCUT2D eigenvalue weighted by atomic mass is 19.2. The molecular formula is C10H8F5NO3. The van der Waals surface area contributed by atoms with Crippen LogP contribution in [0.25, 0.3) is 0 Å². The number of carbonyl (C=O) groups is 1. The summed E-state index contributed by atoms with van der Waals surface area (Å²) < 4.78 is 64.9. The second kappa shape index (κ2) is 5.49. The second-order valence-electron chi connectivity index (χ2n) is 3.67. The number of aliphatic hydroxyl groups is 2. The summed E-state index contributed by atoms with van der Waals surface area (Å²) >= 11 is 0. The first kappa shape index (κ1) is 15.3. The number of amides is 1.